The molecule has 0 aliphatic rings. The van der Waals surface area contributed by atoms with E-state index in [-0.39, 0.29) is 18.0 Å². The summed E-state index contributed by atoms with van der Waals surface area (Å²) in [5.74, 6) is 0.224. The highest BCUT2D eigenvalue weighted by Gasteiger charge is 2.16. The van der Waals surface area contributed by atoms with Crippen LogP contribution in [0.5, 0.6) is 5.75 Å². The molecule has 0 aliphatic heterocycles. The molecule has 0 aliphatic carbocycles. The van der Waals surface area contributed by atoms with Crippen molar-refractivity contribution >= 4 is 5.69 Å². The summed E-state index contributed by atoms with van der Waals surface area (Å²) < 4.78 is 7.33. The molecule has 0 bridgehead atoms. The van der Waals surface area contributed by atoms with Crippen LogP contribution in [-0.4, -0.2) is 14.7 Å². The molecule has 0 saturated carbocycles. The SMILES string of the molecule is CCc1cc(COc2cc(CN)ccc2[N+](=O)[O-])n(C)n1. The number of benzene rings is 1. The maximum absolute atomic E-state index is 11.0. The first-order valence-electron chi connectivity index (χ1n) is 6.67. The maximum atomic E-state index is 11.0. The Kier molecular flexibility index (Phi) is 4.54. The molecule has 112 valence electrons. The summed E-state index contributed by atoms with van der Waals surface area (Å²) in [5, 5.41) is 15.3. The molecule has 0 unspecified atom stereocenters. The van der Waals surface area contributed by atoms with Crippen LogP contribution in [-0.2, 0) is 26.6 Å². The van der Waals surface area contributed by atoms with E-state index in [9.17, 15) is 10.1 Å². The highest BCUT2D eigenvalue weighted by atomic mass is 16.6. The monoisotopic (exact) mass is 290 g/mol. The van der Waals surface area contributed by atoms with Crippen LogP contribution < -0.4 is 10.5 Å². The number of rotatable bonds is 6. The van der Waals surface area contributed by atoms with E-state index in [1.165, 1.54) is 6.07 Å². The Morgan fingerprint density at radius 3 is 2.76 bits per heavy atom. The van der Waals surface area contributed by atoms with Gasteiger partial charge in [-0.3, -0.25) is 14.8 Å². The predicted molar refractivity (Wildman–Crippen MR) is 77.9 cm³/mol. The third-order valence-corrected chi connectivity index (χ3v) is 3.22. The molecule has 2 N–H and O–H groups in total. The lowest BCUT2D eigenvalue weighted by Gasteiger charge is -2.08. The average Bonchev–Trinajstić information content (AvgIpc) is 2.85. The van der Waals surface area contributed by atoms with Crippen LogP contribution in [0.4, 0.5) is 5.69 Å². The van der Waals surface area contributed by atoms with Gasteiger partial charge in [-0.25, -0.2) is 0 Å². The van der Waals surface area contributed by atoms with Gasteiger partial charge >= 0.3 is 5.69 Å². The molecule has 2 aromatic rings. The van der Waals surface area contributed by atoms with Gasteiger partial charge in [-0.2, -0.15) is 5.10 Å². The average molecular weight is 290 g/mol. The summed E-state index contributed by atoms with van der Waals surface area (Å²) in [7, 11) is 1.82. The summed E-state index contributed by atoms with van der Waals surface area (Å²) in [6.07, 6.45) is 0.830. The summed E-state index contributed by atoms with van der Waals surface area (Å²) in [6.45, 7) is 2.54. The normalized spacial score (nSPS) is 10.6. The van der Waals surface area contributed by atoms with Crippen molar-refractivity contribution in [2.45, 2.75) is 26.5 Å². The second kappa shape index (κ2) is 6.36. The summed E-state index contributed by atoms with van der Waals surface area (Å²) in [5.41, 5.74) is 8.10. The molecule has 0 amide bonds. The first-order valence-corrected chi connectivity index (χ1v) is 6.67. The van der Waals surface area contributed by atoms with E-state index in [2.05, 4.69) is 5.10 Å². The number of aryl methyl sites for hydroxylation is 2. The minimum absolute atomic E-state index is 0.0647. The number of aromatic nitrogens is 2. The van der Waals surface area contributed by atoms with Crippen LogP contribution >= 0.6 is 0 Å². The molecule has 0 spiro atoms. The topological polar surface area (TPSA) is 96.2 Å². The second-order valence-electron chi connectivity index (χ2n) is 4.66. The van der Waals surface area contributed by atoms with Crippen molar-refractivity contribution < 1.29 is 9.66 Å². The standard InChI is InChI=1S/C14H18N4O3/c1-3-11-7-12(17(2)16-11)9-21-14-6-10(8-15)4-5-13(14)18(19)20/h4-7H,3,8-9,15H2,1-2H3. The van der Waals surface area contributed by atoms with E-state index in [1.54, 1.807) is 16.8 Å². The van der Waals surface area contributed by atoms with Crippen molar-refractivity contribution in [3.05, 3.63) is 51.3 Å². The van der Waals surface area contributed by atoms with Crippen molar-refractivity contribution in [1.29, 1.82) is 0 Å². The van der Waals surface area contributed by atoms with E-state index in [0.717, 1.165) is 23.4 Å². The van der Waals surface area contributed by atoms with Gasteiger partial charge in [0.25, 0.3) is 0 Å². The zero-order valence-corrected chi connectivity index (χ0v) is 12.1. The van der Waals surface area contributed by atoms with Gasteiger partial charge in [-0.05, 0) is 24.1 Å². The summed E-state index contributed by atoms with van der Waals surface area (Å²) in [6, 6.07) is 6.58. The quantitative estimate of drug-likeness (QED) is 0.647. The predicted octanol–water partition coefficient (Wildman–Crippen LogP) is 1.93. The Hall–Kier alpha value is -2.41. The summed E-state index contributed by atoms with van der Waals surface area (Å²) >= 11 is 0. The lowest BCUT2D eigenvalue weighted by molar-refractivity contribution is -0.386. The van der Waals surface area contributed by atoms with Crippen LogP contribution in [0.15, 0.2) is 24.3 Å². The van der Waals surface area contributed by atoms with Crippen molar-refractivity contribution in [1.82, 2.24) is 9.78 Å². The second-order valence-corrected chi connectivity index (χ2v) is 4.66. The Balaban J connectivity index is 2.21. The molecular formula is C14H18N4O3. The maximum Gasteiger partial charge on any atom is 0.310 e. The molecule has 0 saturated heterocycles. The smallest absolute Gasteiger partial charge is 0.310 e. The molecule has 21 heavy (non-hydrogen) atoms. The van der Waals surface area contributed by atoms with Gasteiger partial charge < -0.3 is 10.5 Å². The van der Waals surface area contributed by atoms with Crippen LogP contribution in [0, 0.1) is 10.1 Å². The fourth-order valence-electron chi connectivity index (χ4n) is 1.98. The molecule has 1 aromatic heterocycles. The van der Waals surface area contributed by atoms with E-state index < -0.39 is 4.92 Å². The first-order chi connectivity index (χ1) is 10.0. The molecular weight excluding hydrogens is 272 g/mol. The van der Waals surface area contributed by atoms with Gasteiger partial charge in [0.2, 0.25) is 0 Å². The number of nitrogens with zero attached hydrogens (tertiary/aromatic N) is 3. The number of hydrogen-bond acceptors (Lipinski definition) is 5. The van der Waals surface area contributed by atoms with Crippen molar-refractivity contribution in [2.75, 3.05) is 0 Å². The minimum atomic E-state index is -0.462. The number of nitro benzene ring substituents is 1. The molecule has 2 rings (SSSR count). The van der Waals surface area contributed by atoms with E-state index in [0.29, 0.717) is 6.54 Å². The number of nitro groups is 1. The van der Waals surface area contributed by atoms with Crippen molar-refractivity contribution in [3.8, 4) is 5.75 Å². The van der Waals surface area contributed by atoms with E-state index in [1.807, 2.05) is 20.0 Å². The van der Waals surface area contributed by atoms with Gasteiger partial charge in [0.05, 0.1) is 16.3 Å². The fourth-order valence-corrected chi connectivity index (χ4v) is 1.98. The lowest BCUT2D eigenvalue weighted by atomic mass is 10.2. The Morgan fingerprint density at radius 2 is 2.19 bits per heavy atom. The Labute approximate surface area is 122 Å². The van der Waals surface area contributed by atoms with Crippen LogP contribution in [0.25, 0.3) is 0 Å². The van der Waals surface area contributed by atoms with Gasteiger partial charge in [-0.1, -0.05) is 13.0 Å². The zero-order chi connectivity index (χ0) is 15.4. The van der Waals surface area contributed by atoms with Crippen molar-refractivity contribution in [2.24, 2.45) is 12.8 Å². The van der Waals surface area contributed by atoms with Gasteiger partial charge in [0, 0.05) is 19.7 Å². The Bertz CT molecular complexity index is 652. The van der Waals surface area contributed by atoms with Gasteiger partial charge in [0.15, 0.2) is 5.75 Å². The molecule has 0 fully saturated rings. The highest BCUT2D eigenvalue weighted by molar-refractivity contribution is 5.48. The fraction of sp³-hybridized carbons (Fsp3) is 0.357. The molecule has 7 heteroatoms. The number of ether oxygens (including phenoxy) is 1. The van der Waals surface area contributed by atoms with Crippen LogP contribution in [0.2, 0.25) is 0 Å². The van der Waals surface area contributed by atoms with Crippen LogP contribution in [0.1, 0.15) is 23.9 Å². The minimum Gasteiger partial charge on any atom is -0.480 e. The third kappa shape index (κ3) is 3.38. The van der Waals surface area contributed by atoms with E-state index >= 15 is 0 Å². The zero-order valence-electron chi connectivity index (χ0n) is 12.1. The largest absolute Gasteiger partial charge is 0.480 e. The molecule has 0 radical (unpaired) electrons. The third-order valence-electron chi connectivity index (χ3n) is 3.22. The van der Waals surface area contributed by atoms with Gasteiger partial charge in [0.1, 0.15) is 6.61 Å². The first kappa shape index (κ1) is 15.0. The van der Waals surface area contributed by atoms with Crippen LogP contribution in [0.3, 0.4) is 0 Å². The van der Waals surface area contributed by atoms with E-state index in [4.69, 9.17) is 10.5 Å². The molecule has 7 nitrogen and oxygen atoms in total. The summed E-state index contributed by atoms with van der Waals surface area (Å²) in [4.78, 5) is 10.6. The molecule has 1 heterocycles. The van der Waals surface area contributed by atoms with Gasteiger partial charge in [-0.15, -0.1) is 0 Å². The highest BCUT2D eigenvalue weighted by Crippen LogP contribution is 2.28. The lowest BCUT2D eigenvalue weighted by Crippen LogP contribution is -2.05. The number of nitrogens with two attached hydrogens (primary N) is 1. The molecule has 1 aromatic carbocycles. The molecule has 0 atom stereocenters. The Morgan fingerprint density at radius 1 is 1.43 bits per heavy atom. The van der Waals surface area contributed by atoms with Crippen molar-refractivity contribution in [3.63, 3.8) is 0 Å². The number of hydrogen-bond donors (Lipinski definition) is 1.